The van der Waals surface area contributed by atoms with E-state index in [0.29, 0.717) is 6.16 Å². The van der Waals surface area contributed by atoms with Crippen LogP contribution in [0.4, 0.5) is 10.1 Å². The highest BCUT2D eigenvalue weighted by Gasteiger charge is 2.38. The average Bonchev–Trinajstić information content (AvgIpc) is 2.69. The summed E-state index contributed by atoms with van der Waals surface area (Å²) in [6.07, 6.45) is 9.59. The van der Waals surface area contributed by atoms with Gasteiger partial charge in [0.25, 0.3) is 5.91 Å². The summed E-state index contributed by atoms with van der Waals surface area (Å²) in [5, 5.41) is 3.05. The third-order valence-electron chi connectivity index (χ3n) is 4.93. The molecule has 0 saturated carbocycles. The van der Waals surface area contributed by atoms with Crippen molar-refractivity contribution in [2.24, 2.45) is 0 Å². The lowest BCUT2D eigenvalue weighted by Gasteiger charge is -2.24. The summed E-state index contributed by atoms with van der Waals surface area (Å²) in [5.41, 5.74) is 2.39. The van der Waals surface area contributed by atoms with Crippen LogP contribution in [0.3, 0.4) is 0 Å². The second kappa shape index (κ2) is 7.55. The van der Waals surface area contributed by atoms with Gasteiger partial charge >= 0.3 is 0 Å². The zero-order valence-electron chi connectivity index (χ0n) is 14.0. The van der Waals surface area contributed by atoms with E-state index in [1.807, 2.05) is 13.8 Å². The van der Waals surface area contributed by atoms with Gasteiger partial charge in [-0.05, 0) is 69.7 Å². The molecule has 1 saturated heterocycles. The maximum Gasteiger partial charge on any atom is 0.261 e. The monoisotopic (exact) mass is 324 g/mol. The molecule has 1 aliphatic rings. The first kappa shape index (κ1) is 17.4. The highest BCUT2D eigenvalue weighted by molar-refractivity contribution is 7.76. The van der Waals surface area contributed by atoms with Gasteiger partial charge in [0.2, 0.25) is 0 Å². The molecule has 0 radical (unpaired) electrons. The van der Waals surface area contributed by atoms with Crippen LogP contribution in [-0.4, -0.2) is 30.6 Å². The molecule has 1 N–H and O–H groups in total. The highest BCUT2D eigenvalue weighted by atomic mass is 31.2. The van der Waals surface area contributed by atoms with Crippen molar-refractivity contribution < 1.29 is 9.18 Å². The van der Waals surface area contributed by atoms with Crippen LogP contribution in [0.15, 0.2) is 12.1 Å². The van der Waals surface area contributed by atoms with E-state index in [4.69, 9.17) is 0 Å². The number of hydrogen-bond donors (Lipinski definition) is 1. The number of halogens is 1. The van der Waals surface area contributed by atoms with E-state index in [-0.39, 0.29) is 11.7 Å². The maximum atomic E-state index is 13.4. The van der Waals surface area contributed by atoms with Gasteiger partial charge in [0, 0.05) is 12.9 Å². The summed E-state index contributed by atoms with van der Waals surface area (Å²) < 4.78 is 13.4. The summed E-state index contributed by atoms with van der Waals surface area (Å²) in [5.74, 6) is -0.121. The lowest BCUT2D eigenvalue weighted by molar-refractivity contribution is -0.113. The predicted octanol–water partition coefficient (Wildman–Crippen LogP) is 4.99. The molecular formula is C18H28FNOP+. The second-order valence-corrected chi connectivity index (χ2v) is 11.2. The first-order valence-electron chi connectivity index (χ1n) is 8.37. The summed E-state index contributed by atoms with van der Waals surface area (Å²) >= 11 is 0. The van der Waals surface area contributed by atoms with Gasteiger partial charge in [-0.2, -0.15) is 0 Å². The van der Waals surface area contributed by atoms with Crippen LogP contribution in [0.1, 0.15) is 43.7 Å². The molecule has 0 aromatic heterocycles. The molecule has 2 nitrogen and oxygen atoms in total. The molecule has 0 spiro atoms. The van der Waals surface area contributed by atoms with Gasteiger partial charge in [0.1, 0.15) is 12.0 Å². The van der Waals surface area contributed by atoms with Crippen molar-refractivity contribution in [3.8, 4) is 0 Å². The Morgan fingerprint density at radius 2 is 1.68 bits per heavy atom. The fraction of sp³-hybridized carbons (Fsp3) is 0.611. The molecule has 4 heteroatoms. The van der Waals surface area contributed by atoms with Crippen LogP contribution < -0.4 is 5.32 Å². The quantitative estimate of drug-likeness (QED) is 0.777. The van der Waals surface area contributed by atoms with E-state index < -0.39 is 7.26 Å². The summed E-state index contributed by atoms with van der Waals surface area (Å²) in [6, 6.07) is 2.97. The van der Waals surface area contributed by atoms with Crippen molar-refractivity contribution in [2.45, 2.75) is 46.5 Å². The first-order chi connectivity index (χ1) is 10.5. The Labute approximate surface area is 134 Å². The minimum atomic E-state index is -1.13. The van der Waals surface area contributed by atoms with E-state index in [0.717, 1.165) is 16.8 Å². The molecule has 0 unspecified atom stereocenters. The smallest absolute Gasteiger partial charge is 0.261 e. The van der Waals surface area contributed by atoms with Crippen molar-refractivity contribution >= 4 is 18.9 Å². The standard InChI is InChI=1S/C18H27FNOP/c1-4-22(9-7-5-6-8-10-22)13-17(21)20-18-14(2)11-16(19)12-15(18)3/h11-12H,4-10,13H2,1-3H3/p+1. The minimum absolute atomic E-state index is 0.120. The van der Waals surface area contributed by atoms with Gasteiger partial charge in [-0.25, -0.2) is 4.39 Å². The molecule has 0 aliphatic carbocycles. The fourth-order valence-electron chi connectivity index (χ4n) is 3.54. The number of anilines is 1. The van der Waals surface area contributed by atoms with Gasteiger partial charge in [-0.3, -0.25) is 4.79 Å². The lowest BCUT2D eigenvalue weighted by atomic mass is 10.1. The molecule has 1 aromatic carbocycles. The predicted molar refractivity (Wildman–Crippen MR) is 95.0 cm³/mol. The zero-order chi connectivity index (χ0) is 16.2. The molecule has 122 valence electrons. The van der Waals surface area contributed by atoms with Crippen molar-refractivity contribution in [3.05, 3.63) is 29.1 Å². The van der Waals surface area contributed by atoms with Gasteiger partial charge < -0.3 is 5.32 Å². The first-order valence-corrected chi connectivity index (χ1v) is 10.9. The molecule has 1 amide bonds. The molecule has 0 bridgehead atoms. The topological polar surface area (TPSA) is 29.1 Å². The van der Waals surface area contributed by atoms with E-state index in [1.54, 1.807) is 0 Å². The van der Waals surface area contributed by atoms with Gasteiger partial charge in [-0.15, -0.1) is 0 Å². The molecule has 2 rings (SSSR count). The number of rotatable bonds is 4. The molecule has 1 aromatic rings. The average molecular weight is 324 g/mol. The Morgan fingerprint density at radius 1 is 1.14 bits per heavy atom. The van der Waals surface area contributed by atoms with Crippen molar-refractivity contribution in [2.75, 3.05) is 30.0 Å². The Kier molecular flexibility index (Phi) is 5.97. The molecule has 22 heavy (non-hydrogen) atoms. The summed E-state index contributed by atoms with van der Waals surface area (Å²) in [4.78, 5) is 12.6. The summed E-state index contributed by atoms with van der Waals surface area (Å²) in [6.45, 7) is 5.95. The third kappa shape index (κ3) is 4.29. The van der Waals surface area contributed by atoms with Crippen LogP contribution in [0.2, 0.25) is 0 Å². The Morgan fingerprint density at radius 3 is 2.18 bits per heavy atom. The second-order valence-electron chi connectivity index (χ2n) is 6.64. The van der Waals surface area contributed by atoms with E-state index >= 15 is 0 Å². The van der Waals surface area contributed by atoms with Crippen LogP contribution in [-0.2, 0) is 4.79 Å². The van der Waals surface area contributed by atoms with E-state index in [9.17, 15) is 9.18 Å². The molecule has 1 fully saturated rings. The van der Waals surface area contributed by atoms with Crippen LogP contribution in [0, 0.1) is 19.7 Å². The fourth-order valence-corrected chi connectivity index (χ4v) is 7.41. The Balaban J connectivity index is 2.09. The van der Waals surface area contributed by atoms with Crippen molar-refractivity contribution in [1.29, 1.82) is 0 Å². The van der Waals surface area contributed by atoms with Crippen LogP contribution in [0.5, 0.6) is 0 Å². The van der Waals surface area contributed by atoms with E-state index in [1.165, 1.54) is 56.3 Å². The zero-order valence-corrected chi connectivity index (χ0v) is 14.9. The Bertz CT molecular complexity index is 513. The third-order valence-corrected chi connectivity index (χ3v) is 9.76. The molecule has 1 heterocycles. The SMILES string of the molecule is CC[P+]1(CC(=O)Nc2c(C)cc(F)cc2C)CCCCCC1. The highest BCUT2D eigenvalue weighted by Crippen LogP contribution is 2.60. The normalized spacial score (nSPS) is 17.8. The number of aryl methyl sites for hydroxylation is 2. The van der Waals surface area contributed by atoms with Gasteiger partial charge in [0.05, 0.1) is 18.5 Å². The largest absolute Gasteiger partial charge is 0.322 e. The van der Waals surface area contributed by atoms with E-state index in [2.05, 4.69) is 12.2 Å². The van der Waals surface area contributed by atoms with Gasteiger partial charge in [0.15, 0.2) is 0 Å². The number of amides is 1. The van der Waals surface area contributed by atoms with Gasteiger partial charge in [-0.1, -0.05) is 0 Å². The molecule has 0 atom stereocenters. The molecular weight excluding hydrogens is 296 g/mol. The number of nitrogens with one attached hydrogen (secondary N) is 1. The number of benzene rings is 1. The number of carbonyl (C=O) groups is 1. The number of hydrogen-bond acceptors (Lipinski definition) is 1. The van der Waals surface area contributed by atoms with Crippen LogP contribution in [0.25, 0.3) is 0 Å². The minimum Gasteiger partial charge on any atom is -0.322 e. The lowest BCUT2D eigenvalue weighted by Crippen LogP contribution is -2.23. The maximum absolute atomic E-state index is 13.4. The number of carbonyl (C=O) groups excluding carboxylic acids is 1. The molecule has 1 aliphatic heterocycles. The van der Waals surface area contributed by atoms with Crippen molar-refractivity contribution in [3.63, 3.8) is 0 Å². The Hall–Kier alpha value is -0.950. The summed E-state index contributed by atoms with van der Waals surface area (Å²) in [7, 11) is -1.13. The van der Waals surface area contributed by atoms with Crippen LogP contribution >= 0.6 is 7.26 Å². The van der Waals surface area contributed by atoms with Crippen molar-refractivity contribution in [1.82, 2.24) is 0 Å².